The van der Waals surface area contributed by atoms with Crippen LogP contribution in [0.4, 0.5) is 5.82 Å². The molecule has 0 saturated carbocycles. The average Bonchev–Trinajstić information content (AvgIpc) is 2.59. The summed E-state index contributed by atoms with van der Waals surface area (Å²) in [5, 5.41) is 3.56. The first-order chi connectivity index (χ1) is 12.3. The maximum Gasteiger partial charge on any atom is 0.344 e. The molecule has 0 aliphatic rings. The summed E-state index contributed by atoms with van der Waals surface area (Å²) in [6, 6.07) is 4.84. The SMILES string of the molecule is Cc1c(Cl)cnc(NC(=O)COC(=O)COc2ccc(Cl)cc2Br)c1Cl. The van der Waals surface area contributed by atoms with Crippen molar-refractivity contribution in [3.05, 3.63) is 49.5 Å². The third kappa shape index (κ3) is 5.74. The van der Waals surface area contributed by atoms with Crippen LogP contribution >= 0.6 is 50.7 Å². The Bertz CT molecular complexity index is 848. The number of pyridine rings is 1. The molecule has 0 unspecified atom stereocenters. The van der Waals surface area contributed by atoms with Crippen molar-refractivity contribution in [1.82, 2.24) is 4.98 Å². The number of benzene rings is 1. The fourth-order valence-electron chi connectivity index (χ4n) is 1.73. The van der Waals surface area contributed by atoms with E-state index in [9.17, 15) is 9.59 Å². The predicted molar refractivity (Wildman–Crippen MR) is 103 cm³/mol. The maximum atomic E-state index is 11.8. The molecule has 0 bridgehead atoms. The molecular formula is C16H12BrCl3N2O4. The molecule has 26 heavy (non-hydrogen) atoms. The fourth-order valence-corrected chi connectivity index (χ4v) is 2.92. The Kier molecular flexibility index (Phi) is 7.52. The highest BCUT2D eigenvalue weighted by Crippen LogP contribution is 2.29. The first-order valence-electron chi connectivity index (χ1n) is 7.12. The first-order valence-corrected chi connectivity index (χ1v) is 9.04. The molecule has 0 aliphatic carbocycles. The highest BCUT2D eigenvalue weighted by atomic mass is 79.9. The number of amides is 1. The molecular weight excluding hydrogens is 470 g/mol. The highest BCUT2D eigenvalue weighted by Gasteiger charge is 2.14. The van der Waals surface area contributed by atoms with Crippen LogP contribution in [0.5, 0.6) is 5.75 Å². The van der Waals surface area contributed by atoms with Crippen molar-refractivity contribution in [2.75, 3.05) is 18.5 Å². The zero-order chi connectivity index (χ0) is 19.3. The van der Waals surface area contributed by atoms with Crippen LogP contribution in [-0.2, 0) is 14.3 Å². The van der Waals surface area contributed by atoms with E-state index in [1.54, 1.807) is 25.1 Å². The number of esters is 1. The number of aromatic nitrogens is 1. The van der Waals surface area contributed by atoms with Gasteiger partial charge in [0.15, 0.2) is 19.0 Å². The highest BCUT2D eigenvalue weighted by molar-refractivity contribution is 9.10. The number of nitrogens with one attached hydrogen (secondary N) is 1. The minimum Gasteiger partial charge on any atom is -0.481 e. The molecule has 2 rings (SSSR count). The molecule has 0 fully saturated rings. The largest absolute Gasteiger partial charge is 0.481 e. The number of carbonyl (C=O) groups excluding carboxylic acids is 2. The molecule has 6 nitrogen and oxygen atoms in total. The van der Waals surface area contributed by atoms with Gasteiger partial charge in [0.05, 0.1) is 14.5 Å². The number of rotatable bonds is 6. The number of ether oxygens (including phenoxy) is 2. The summed E-state index contributed by atoms with van der Waals surface area (Å²) in [4.78, 5) is 27.5. The topological polar surface area (TPSA) is 77.5 Å². The fraction of sp³-hybridized carbons (Fsp3) is 0.188. The zero-order valence-electron chi connectivity index (χ0n) is 13.3. The molecule has 0 spiro atoms. The van der Waals surface area contributed by atoms with Gasteiger partial charge in [0.25, 0.3) is 5.91 Å². The van der Waals surface area contributed by atoms with Crippen LogP contribution < -0.4 is 10.1 Å². The minimum atomic E-state index is -0.714. The van der Waals surface area contributed by atoms with Gasteiger partial charge in [-0.2, -0.15) is 0 Å². The van der Waals surface area contributed by atoms with Crippen molar-refractivity contribution in [2.24, 2.45) is 0 Å². The van der Waals surface area contributed by atoms with Gasteiger partial charge in [-0.1, -0.05) is 34.8 Å². The van der Waals surface area contributed by atoms with Crippen molar-refractivity contribution in [2.45, 2.75) is 6.92 Å². The lowest BCUT2D eigenvalue weighted by atomic mass is 10.3. The Balaban J connectivity index is 1.82. The Morgan fingerprint density at radius 2 is 1.96 bits per heavy atom. The number of halogens is 4. The van der Waals surface area contributed by atoms with Crippen molar-refractivity contribution < 1.29 is 19.1 Å². The van der Waals surface area contributed by atoms with E-state index in [4.69, 9.17) is 44.3 Å². The smallest absolute Gasteiger partial charge is 0.344 e. The van der Waals surface area contributed by atoms with E-state index in [-0.39, 0.29) is 17.4 Å². The summed E-state index contributed by atoms with van der Waals surface area (Å²) in [5.74, 6) is -0.755. The monoisotopic (exact) mass is 480 g/mol. The molecule has 0 aliphatic heterocycles. The van der Waals surface area contributed by atoms with Crippen molar-refractivity contribution in [1.29, 1.82) is 0 Å². The van der Waals surface area contributed by atoms with E-state index in [2.05, 4.69) is 26.2 Å². The van der Waals surface area contributed by atoms with E-state index in [0.29, 0.717) is 25.8 Å². The molecule has 1 amide bonds. The lowest BCUT2D eigenvalue weighted by molar-refractivity contribution is -0.149. The van der Waals surface area contributed by atoms with Gasteiger partial charge >= 0.3 is 5.97 Å². The number of anilines is 1. The molecule has 10 heteroatoms. The van der Waals surface area contributed by atoms with Crippen molar-refractivity contribution >= 4 is 68.4 Å². The van der Waals surface area contributed by atoms with Crippen LogP contribution in [-0.4, -0.2) is 30.1 Å². The first kappa shape index (κ1) is 20.8. The molecule has 0 atom stereocenters. The van der Waals surface area contributed by atoms with E-state index in [1.165, 1.54) is 6.20 Å². The van der Waals surface area contributed by atoms with Gasteiger partial charge in [0.1, 0.15) is 5.75 Å². The van der Waals surface area contributed by atoms with Gasteiger partial charge in [-0.15, -0.1) is 0 Å². The van der Waals surface area contributed by atoms with Gasteiger partial charge in [-0.25, -0.2) is 9.78 Å². The molecule has 0 radical (unpaired) electrons. The van der Waals surface area contributed by atoms with Gasteiger partial charge in [-0.3, -0.25) is 4.79 Å². The lowest BCUT2D eigenvalue weighted by Gasteiger charge is -2.10. The third-order valence-corrected chi connectivity index (χ3v) is 4.76. The van der Waals surface area contributed by atoms with E-state index in [0.717, 1.165) is 0 Å². The molecule has 138 valence electrons. The quantitative estimate of drug-likeness (QED) is 0.606. The third-order valence-electron chi connectivity index (χ3n) is 3.06. The summed E-state index contributed by atoms with van der Waals surface area (Å²) < 4.78 is 10.7. The maximum absolute atomic E-state index is 11.8. The van der Waals surface area contributed by atoms with Gasteiger partial charge in [0, 0.05) is 11.2 Å². The summed E-state index contributed by atoms with van der Waals surface area (Å²) in [6.07, 6.45) is 1.36. The van der Waals surface area contributed by atoms with Crippen LogP contribution in [0.3, 0.4) is 0 Å². The normalized spacial score (nSPS) is 10.3. The number of hydrogen-bond acceptors (Lipinski definition) is 5. The van der Waals surface area contributed by atoms with Crippen LogP contribution in [0.2, 0.25) is 15.1 Å². The summed E-state index contributed by atoms with van der Waals surface area (Å²) in [7, 11) is 0. The number of hydrogen-bond donors (Lipinski definition) is 1. The van der Waals surface area contributed by atoms with E-state index < -0.39 is 18.5 Å². The van der Waals surface area contributed by atoms with Gasteiger partial charge in [-0.05, 0) is 46.6 Å². The molecule has 0 saturated heterocycles. The Morgan fingerprint density at radius 1 is 1.23 bits per heavy atom. The second kappa shape index (κ2) is 9.41. The molecule has 1 heterocycles. The second-order valence-corrected chi connectivity index (χ2v) is 7.04. The molecule has 1 aromatic heterocycles. The summed E-state index contributed by atoms with van der Waals surface area (Å²) in [5.41, 5.74) is 0.581. The van der Waals surface area contributed by atoms with E-state index in [1.807, 2.05) is 0 Å². The van der Waals surface area contributed by atoms with Crippen LogP contribution in [0.25, 0.3) is 0 Å². The second-order valence-electron chi connectivity index (χ2n) is 4.97. The van der Waals surface area contributed by atoms with Crippen LogP contribution in [0.15, 0.2) is 28.9 Å². The van der Waals surface area contributed by atoms with Gasteiger partial charge in [0.2, 0.25) is 0 Å². The zero-order valence-corrected chi connectivity index (χ0v) is 17.2. The average molecular weight is 483 g/mol. The minimum absolute atomic E-state index is 0.135. The van der Waals surface area contributed by atoms with Crippen LogP contribution in [0, 0.1) is 6.92 Å². The summed E-state index contributed by atoms with van der Waals surface area (Å²) >= 11 is 21.0. The van der Waals surface area contributed by atoms with Crippen molar-refractivity contribution in [3.8, 4) is 5.75 Å². The molecule has 1 aromatic carbocycles. The standard InChI is InChI=1S/C16H12BrCl3N2O4/c1-8-11(19)5-21-16(15(8)20)22-13(23)6-26-14(24)7-25-12-3-2-9(18)4-10(12)17/h2-5H,6-7H2,1H3,(H,21,22,23). The number of nitrogens with zero attached hydrogens (tertiary/aromatic N) is 1. The van der Waals surface area contributed by atoms with Gasteiger partial charge < -0.3 is 14.8 Å². The summed E-state index contributed by atoms with van der Waals surface area (Å²) in [6.45, 7) is 0.810. The van der Waals surface area contributed by atoms with Crippen molar-refractivity contribution in [3.63, 3.8) is 0 Å². The van der Waals surface area contributed by atoms with E-state index >= 15 is 0 Å². The van der Waals surface area contributed by atoms with Crippen LogP contribution in [0.1, 0.15) is 5.56 Å². The molecule has 2 aromatic rings. The Morgan fingerprint density at radius 3 is 2.65 bits per heavy atom. The lowest BCUT2D eigenvalue weighted by Crippen LogP contribution is -2.24. The molecule has 1 N–H and O–H groups in total. The Hall–Kier alpha value is -1.54. The predicted octanol–water partition coefficient (Wildman–Crippen LogP) is 4.67. The number of carbonyl (C=O) groups is 2. The Labute approximate surface area is 172 Å².